The molecule has 0 saturated carbocycles. The van der Waals surface area contributed by atoms with Crippen LogP contribution in [0.2, 0.25) is 0 Å². The average molecular weight is 461 g/mol. The zero-order valence-electron chi connectivity index (χ0n) is 20.7. The number of aliphatic hydroxyl groups is 2. The number of ketones is 1. The highest BCUT2D eigenvalue weighted by atomic mass is 32.1. The first-order chi connectivity index (χ1) is 15.0. The number of Topliss-reactive ketones (excluding diaryl/α,β-unsaturated/α-hetero) is 1. The molecule has 1 atom stereocenters. The van der Waals surface area contributed by atoms with E-state index >= 15 is 0 Å². The van der Waals surface area contributed by atoms with Crippen LogP contribution < -0.4 is 4.74 Å². The van der Waals surface area contributed by atoms with E-state index in [0.717, 1.165) is 31.2 Å². The van der Waals surface area contributed by atoms with Crippen molar-refractivity contribution in [1.82, 2.24) is 0 Å². The Balaban J connectivity index is 2.32. The van der Waals surface area contributed by atoms with Gasteiger partial charge in [-0.2, -0.15) is 0 Å². The van der Waals surface area contributed by atoms with Gasteiger partial charge in [-0.15, -0.1) is 11.3 Å². The first-order valence-electron chi connectivity index (χ1n) is 11.6. The van der Waals surface area contributed by atoms with Crippen LogP contribution in [-0.2, 0) is 16.6 Å². The predicted octanol–water partition coefficient (Wildman–Crippen LogP) is 5.75. The molecule has 0 radical (unpaired) electrons. The molecular weight excluding hydrogens is 420 g/mol. The van der Waals surface area contributed by atoms with E-state index in [-0.39, 0.29) is 29.3 Å². The molecule has 0 fully saturated rings. The Morgan fingerprint density at radius 2 is 1.75 bits per heavy atom. The summed E-state index contributed by atoms with van der Waals surface area (Å²) in [6.07, 6.45) is 3.31. The van der Waals surface area contributed by atoms with Gasteiger partial charge in [0.1, 0.15) is 19.0 Å². The number of carbonyl (C=O) groups excluding carboxylic acids is 1. The van der Waals surface area contributed by atoms with E-state index in [4.69, 9.17) is 9.84 Å². The maximum atomic E-state index is 11.4. The number of thiophene rings is 1. The van der Waals surface area contributed by atoms with Crippen LogP contribution in [0, 0.1) is 19.3 Å². The van der Waals surface area contributed by atoms with Crippen molar-refractivity contribution >= 4 is 17.1 Å². The maximum Gasteiger partial charge on any atom is 0.195 e. The van der Waals surface area contributed by atoms with E-state index in [1.807, 2.05) is 24.3 Å². The Hall–Kier alpha value is -1.69. The van der Waals surface area contributed by atoms with E-state index in [0.29, 0.717) is 5.75 Å². The zero-order valence-corrected chi connectivity index (χ0v) is 21.6. The fraction of sp³-hybridized carbons (Fsp3) is 0.593. The molecule has 0 amide bonds. The number of rotatable bonds is 11. The van der Waals surface area contributed by atoms with Gasteiger partial charge < -0.3 is 14.9 Å². The minimum atomic E-state index is -0.501. The van der Waals surface area contributed by atoms with Crippen LogP contribution in [0.1, 0.15) is 80.3 Å². The standard InChI is InChI=1S/C27H40O4S/c1-8-27(9-2,20-10-11-22(18(3)14-20)31-17-21(29)16-28)25-15-19(4)23(32-25)12-13-24(30)26(5,6)7/h10-11,14-15,24,28,30H,8-9,12-13,16-17H2,1-7H3. The van der Waals surface area contributed by atoms with Gasteiger partial charge in [0, 0.05) is 15.2 Å². The number of ether oxygens (including phenoxy) is 1. The molecule has 4 nitrogen and oxygen atoms in total. The number of aliphatic hydroxyl groups excluding tert-OH is 2. The molecule has 1 unspecified atom stereocenters. The van der Waals surface area contributed by atoms with Crippen LogP contribution in [0.25, 0.3) is 0 Å². The van der Waals surface area contributed by atoms with Crippen molar-refractivity contribution in [3.8, 4) is 5.75 Å². The summed E-state index contributed by atoms with van der Waals surface area (Å²) < 4.78 is 5.60. The Kier molecular flexibility index (Phi) is 9.09. The number of hydrogen-bond acceptors (Lipinski definition) is 5. The van der Waals surface area contributed by atoms with Crippen molar-refractivity contribution in [2.45, 2.75) is 85.7 Å². The van der Waals surface area contributed by atoms with Crippen LogP contribution in [0.15, 0.2) is 24.3 Å². The molecular formula is C27H40O4S. The van der Waals surface area contributed by atoms with Gasteiger partial charge in [-0.25, -0.2) is 0 Å². The molecule has 0 bridgehead atoms. The molecule has 2 aromatic rings. The molecule has 1 aromatic carbocycles. The summed E-state index contributed by atoms with van der Waals surface area (Å²) in [5, 5.41) is 19.4. The summed E-state index contributed by atoms with van der Waals surface area (Å²) >= 11 is 1.88. The van der Waals surface area contributed by atoms with Crippen LogP contribution >= 0.6 is 11.3 Å². The van der Waals surface area contributed by atoms with E-state index in [9.17, 15) is 9.90 Å². The zero-order chi connectivity index (χ0) is 24.1. The quantitative estimate of drug-likeness (QED) is 0.448. The fourth-order valence-electron chi connectivity index (χ4n) is 4.17. The van der Waals surface area contributed by atoms with Crippen molar-refractivity contribution < 1.29 is 19.7 Å². The molecule has 0 aliphatic carbocycles. The van der Waals surface area contributed by atoms with Crippen molar-refractivity contribution in [3.63, 3.8) is 0 Å². The second-order valence-electron chi connectivity index (χ2n) is 9.89. The molecule has 0 aliphatic rings. The highest BCUT2D eigenvalue weighted by Gasteiger charge is 2.33. The molecule has 1 aromatic heterocycles. The minimum absolute atomic E-state index is 0.0828. The van der Waals surface area contributed by atoms with Crippen molar-refractivity contribution in [2.75, 3.05) is 13.2 Å². The predicted molar refractivity (Wildman–Crippen MR) is 133 cm³/mol. The van der Waals surface area contributed by atoms with Crippen molar-refractivity contribution in [2.24, 2.45) is 5.41 Å². The highest BCUT2D eigenvalue weighted by Crippen LogP contribution is 2.44. The Morgan fingerprint density at radius 1 is 1.09 bits per heavy atom. The number of aryl methyl sites for hydroxylation is 3. The molecule has 2 rings (SSSR count). The molecule has 0 spiro atoms. The second-order valence-corrected chi connectivity index (χ2v) is 11.0. The van der Waals surface area contributed by atoms with Crippen LogP contribution in [0.4, 0.5) is 0 Å². The van der Waals surface area contributed by atoms with Gasteiger partial charge in [0.2, 0.25) is 0 Å². The third-order valence-electron chi connectivity index (χ3n) is 6.64. The van der Waals surface area contributed by atoms with Gasteiger partial charge in [-0.3, -0.25) is 4.79 Å². The monoisotopic (exact) mass is 460 g/mol. The van der Waals surface area contributed by atoms with Crippen LogP contribution in [0.5, 0.6) is 5.75 Å². The number of hydrogen-bond donors (Lipinski definition) is 2. The summed E-state index contributed by atoms with van der Waals surface area (Å²) in [6.45, 7) is 14.3. The Labute approximate surface area is 197 Å². The molecule has 178 valence electrons. The highest BCUT2D eigenvalue weighted by molar-refractivity contribution is 7.12. The summed E-state index contributed by atoms with van der Waals surface area (Å²) in [7, 11) is 0. The average Bonchev–Trinajstić information content (AvgIpc) is 3.12. The second kappa shape index (κ2) is 11.0. The van der Waals surface area contributed by atoms with Crippen LogP contribution in [-0.4, -0.2) is 35.3 Å². The minimum Gasteiger partial charge on any atom is -0.485 e. The first-order valence-corrected chi connectivity index (χ1v) is 12.4. The normalized spacial score (nSPS) is 13.3. The molecule has 32 heavy (non-hydrogen) atoms. The van der Waals surface area contributed by atoms with Crippen molar-refractivity contribution in [1.29, 1.82) is 0 Å². The first kappa shape index (κ1) is 26.6. The Bertz CT molecular complexity index is 903. The molecule has 0 aliphatic heterocycles. The van der Waals surface area contributed by atoms with E-state index < -0.39 is 6.61 Å². The fourth-order valence-corrected chi connectivity index (χ4v) is 5.71. The number of carbonyl (C=O) groups is 1. The van der Waals surface area contributed by atoms with Crippen LogP contribution in [0.3, 0.4) is 0 Å². The van der Waals surface area contributed by atoms with Gasteiger partial charge in [-0.05, 0) is 73.8 Å². The van der Waals surface area contributed by atoms with E-state index in [1.54, 1.807) is 0 Å². The van der Waals surface area contributed by atoms with Gasteiger partial charge in [0.25, 0.3) is 0 Å². The SMILES string of the molecule is CCC(CC)(c1ccc(OCC(=O)CO)c(C)c1)c1cc(C)c(CCC(O)C(C)(C)C)s1. The molecule has 0 saturated heterocycles. The molecule has 1 heterocycles. The van der Waals surface area contributed by atoms with Gasteiger partial charge in [0.05, 0.1) is 6.10 Å². The summed E-state index contributed by atoms with van der Waals surface area (Å²) in [6, 6.07) is 8.55. The van der Waals surface area contributed by atoms with Gasteiger partial charge in [0.15, 0.2) is 5.78 Å². The Morgan fingerprint density at radius 3 is 2.28 bits per heavy atom. The lowest BCUT2D eigenvalue weighted by atomic mass is 9.74. The van der Waals surface area contributed by atoms with E-state index in [2.05, 4.69) is 59.7 Å². The third-order valence-corrected chi connectivity index (χ3v) is 8.14. The third kappa shape index (κ3) is 6.00. The molecule has 5 heteroatoms. The maximum absolute atomic E-state index is 11.4. The van der Waals surface area contributed by atoms with Gasteiger partial charge >= 0.3 is 0 Å². The van der Waals surface area contributed by atoms with Crippen molar-refractivity contribution in [3.05, 3.63) is 50.7 Å². The van der Waals surface area contributed by atoms with E-state index in [1.165, 1.54) is 20.9 Å². The summed E-state index contributed by atoms with van der Waals surface area (Å²) in [5.41, 5.74) is 3.36. The largest absolute Gasteiger partial charge is 0.485 e. The molecule has 2 N–H and O–H groups in total. The lowest BCUT2D eigenvalue weighted by molar-refractivity contribution is -0.123. The lowest BCUT2D eigenvalue weighted by Crippen LogP contribution is -2.26. The summed E-state index contributed by atoms with van der Waals surface area (Å²) in [5.74, 6) is 0.346. The summed E-state index contributed by atoms with van der Waals surface area (Å²) in [4.78, 5) is 14.1. The van der Waals surface area contributed by atoms with Gasteiger partial charge in [-0.1, -0.05) is 46.8 Å². The topological polar surface area (TPSA) is 66.8 Å². The smallest absolute Gasteiger partial charge is 0.195 e. The number of benzene rings is 1. The lowest BCUT2D eigenvalue weighted by Gasteiger charge is -2.32.